The third-order valence-electron chi connectivity index (χ3n) is 6.03. The lowest BCUT2D eigenvalue weighted by molar-refractivity contribution is -0.0500. The van der Waals surface area contributed by atoms with Crippen molar-refractivity contribution in [3.05, 3.63) is 88.0 Å². The van der Waals surface area contributed by atoms with Gasteiger partial charge in [-0.3, -0.25) is 0 Å². The number of hydrogen-bond donors (Lipinski definition) is 0. The molecule has 0 aromatic heterocycles. The van der Waals surface area contributed by atoms with E-state index < -0.39 is 32.9 Å². The Kier molecular flexibility index (Phi) is 4.74. The van der Waals surface area contributed by atoms with Crippen molar-refractivity contribution in [2.45, 2.75) is 31.4 Å². The maximum Gasteiger partial charge on any atom is 0.534 e. The third-order valence-corrected chi connectivity index (χ3v) is 7.01. The van der Waals surface area contributed by atoms with Crippen LogP contribution in [0, 0.1) is 6.92 Å². The van der Waals surface area contributed by atoms with Gasteiger partial charge in [0.25, 0.3) is 0 Å². The maximum atomic E-state index is 12.9. The van der Waals surface area contributed by atoms with Crippen LogP contribution in [-0.2, 0) is 26.9 Å². The molecule has 2 heterocycles. The molecular weight excluding hydrogens is 473 g/mol. The van der Waals surface area contributed by atoms with Crippen LogP contribution in [0.4, 0.5) is 13.2 Å². The highest BCUT2D eigenvalue weighted by Crippen LogP contribution is 2.57. The molecule has 5 rings (SSSR count). The number of fused-ring (bicyclic) bond motifs is 6. The van der Waals surface area contributed by atoms with E-state index in [4.69, 9.17) is 9.47 Å². The average Bonchev–Trinajstić information content (AvgIpc) is 3.06. The molecule has 0 fully saturated rings. The highest BCUT2D eigenvalue weighted by atomic mass is 32.2. The van der Waals surface area contributed by atoms with Crippen LogP contribution < -0.4 is 8.92 Å². The van der Waals surface area contributed by atoms with Gasteiger partial charge in [-0.15, -0.1) is 0 Å². The number of ether oxygens (including phenoxy) is 2. The first-order valence-corrected chi connectivity index (χ1v) is 11.7. The van der Waals surface area contributed by atoms with Crippen molar-refractivity contribution in [2.24, 2.45) is 0 Å². The lowest BCUT2D eigenvalue weighted by atomic mass is 9.76. The summed E-state index contributed by atoms with van der Waals surface area (Å²) in [4.78, 5) is 12.9. The smallest absolute Gasteiger partial charge is 0.456 e. The van der Waals surface area contributed by atoms with Crippen LogP contribution in [0.15, 0.2) is 54.6 Å². The van der Waals surface area contributed by atoms with Crippen LogP contribution in [0.3, 0.4) is 0 Å². The quantitative estimate of drug-likeness (QED) is 0.280. The van der Waals surface area contributed by atoms with Gasteiger partial charge < -0.3 is 13.7 Å². The Balaban J connectivity index is 1.77. The predicted molar refractivity (Wildman–Crippen MR) is 114 cm³/mol. The normalized spacial score (nSPS) is 18.6. The van der Waals surface area contributed by atoms with Crippen LogP contribution in [0.5, 0.6) is 17.2 Å². The largest absolute Gasteiger partial charge is 0.534 e. The Hall–Kier alpha value is -3.53. The number of carbonyl (C=O) groups excluding carboxylic acids is 1. The number of rotatable bonds is 3. The summed E-state index contributed by atoms with van der Waals surface area (Å²) in [5.41, 5.74) is -3.49. The summed E-state index contributed by atoms with van der Waals surface area (Å²) >= 11 is 0. The van der Waals surface area contributed by atoms with Crippen LogP contribution in [0.2, 0.25) is 0 Å². The van der Waals surface area contributed by atoms with E-state index in [9.17, 15) is 26.4 Å². The van der Waals surface area contributed by atoms with Gasteiger partial charge >= 0.3 is 21.6 Å². The summed E-state index contributed by atoms with van der Waals surface area (Å²) in [7, 11) is -5.88. The van der Waals surface area contributed by atoms with E-state index in [2.05, 4.69) is 4.18 Å². The standard InChI is InChI=1S/C24H17F3O6S/c1-3-15-13(2)8-10-19-21(15)31-20-12-14(33-34(29,30)24(25,26)27)9-11-18(20)23(19)17-7-5-4-6-16(17)22(28)32-23/h4-12H,3H2,1-2H3. The maximum absolute atomic E-state index is 12.9. The molecule has 0 saturated heterocycles. The molecule has 2 aliphatic rings. The van der Waals surface area contributed by atoms with Crippen LogP contribution in [0.1, 0.15) is 45.1 Å². The summed E-state index contributed by atoms with van der Waals surface area (Å²) in [6.07, 6.45) is 0.564. The number of benzene rings is 3. The second-order valence-corrected chi connectivity index (χ2v) is 9.49. The third kappa shape index (κ3) is 3.01. The van der Waals surface area contributed by atoms with Gasteiger partial charge in [0.1, 0.15) is 17.2 Å². The molecule has 0 N–H and O–H groups in total. The topological polar surface area (TPSA) is 78.9 Å². The number of alkyl halides is 3. The zero-order valence-corrected chi connectivity index (χ0v) is 18.7. The Bertz CT molecular complexity index is 1460. The Morgan fingerprint density at radius 1 is 1.00 bits per heavy atom. The molecule has 2 aliphatic heterocycles. The van der Waals surface area contributed by atoms with Crippen molar-refractivity contribution < 1.29 is 40.0 Å². The second kappa shape index (κ2) is 7.23. The Morgan fingerprint density at radius 2 is 1.71 bits per heavy atom. The molecule has 1 unspecified atom stereocenters. The lowest BCUT2D eigenvalue weighted by Gasteiger charge is -2.37. The van der Waals surface area contributed by atoms with Crippen molar-refractivity contribution in [3.8, 4) is 17.2 Å². The predicted octanol–water partition coefficient (Wildman–Crippen LogP) is 5.35. The van der Waals surface area contributed by atoms with Crippen molar-refractivity contribution in [3.63, 3.8) is 0 Å². The van der Waals surface area contributed by atoms with Crippen molar-refractivity contribution >= 4 is 16.1 Å². The highest BCUT2D eigenvalue weighted by Gasteiger charge is 2.54. The highest BCUT2D eigenvalue weighted by molar-refractivity contribution is 7.88. The van der Waals surface area contributed by atoms with Crippen molar-refractivity contribution in [1.29, 1.82) is 0 Å². The first-order valence-electron chi connectivity index (χ1n) is 10.3. The fourth-order valence-electron chi connectivity index (χ4n) is 4.54. The van der Waals surface area contributed by atoms with E-state index in [1.165, 1.54) is 6.07 Å². The van der Waals surface area contributed by atoms with Crippen molar-refractivity contribution in [2.75, 3.05) is 0 Å². The number of hydrogen-bond acceptors (Lipinski definition) is 6. The fourth-order valence-corrected chi connectivity index (χ4v) is 4.99. The zero-order chi connectivity index (χ0) is 24.5. The van der Waals surface area contributed by atoms with E-state index >= 15 is 0 Å². The monoisotopic (exact) mass is 490 g/mol. The minimum Gasteiger partial charge on any atom is -0.456 e. The molecule has 1 spiro atoms. The first-order chi connectivity index (χ1) is 16.0. The number of halogens is 3. The number of esters is 1. The SMILES string of the molecule is CCc1c(C)ccc2c1Oc1cc(OS(=O)(=O)C(F)(F)F)ccc1C21OC(=O)c2ccccc21. The summed E-state index contributed by atoms with van der Waals surface area (Å²) < 4.78 is 78.0. The van der Waals surface area contributed by atoms with Crippen LogP contribution in [0.25, 0.3) is 0 Å². The number of aryl methyl sites for hydroxylation is 1. The molecule has 1 atom stereocenters. The van der Waals surface area contributed by atoms with E-state index in [0.717, 1.165) is 23.3 Å². The van der Waals surface area contributed by atoms with Gasteiger partial charge in [-0.2, -0.15) is 21.6 Å². The summed E-state index contributed by atoms with van der Waals surface area (Å²) in [6, 6.07) is 14.0. The average molecular weight is 490 g/mol. The Morgan fingerprint density at radius 3 is 2.41 bits per heavy atom. The molecule has 3 aromatic rings. The van der Waals surface area contributed by atoms with Gasteiger partial charge in [0.2, 0.25) is 0 Å². The molecule has 0 amide bonds. The summed E-state index contributed by atoms with van der Waals surface area (Å²) in [5.74, 6) is -0.728. The minimum absolute atomic E-state index is 0.0205. The van der Waals surface area contributed by atoms with Gasteiger partial charge in [0.05, 0.1) is 5.56 Å². The van der Waals surface area contributed by atoms with Gasteiger partial charge in [-0.25, -0.2) is 4.79 Å². The van der Waals surface area contributed by atoms with Crippen LogP contribution >= 0.6 is 0 Å². The van der Waals surface area contributed by atoms with E-state index in [0.29, 0.717) is 34.4 Å². The van der Waals surface area contributed by atoms with Gasteiger partial charge in [0, 0.05) is 22.8 Å². The molecule has 0 aliphatic carbocycles. The van der Waals surface area contributed by atoms with E-state index in [1.807, 2.05) is 19.9 Å². The van der Waals surface area contributed by atoms with E-state index in [1.54, 1.807) is 30.3 Å². The summed E-state index contributed by atoms with van der Waals surface area (Å²) in [6.45, 7) is 3.80. The molecule has 10 heteroatoms. The molecule has 0 bridgehead atoms. The van der Waals surface area contributed by atoms with Crippen LogP contribution in [-0.4, -0.2) is 19.9 Å². The van der Waals surface area contributed by atoms with Gasteiger partial charge in [-0.05, 0) is 42.7 Å². The molecule has 176 valence electrons. The molecule has 34 heavy (non-hydrogen) atoms. The molecule has 3 aromatic carbocycles. The molecule has 0 saturated carbocycles. The fraction of sp³-hybridized carbons (Fsp3) is 0.208. The van der Waals surface area contributed by atoms with Gasteiger partial charge in [-0.1, -0.05) is 37.3 Å². The number of carbonyl (C=O) groups is 1. The molecular formula is C24H17F3O6S. The second-order valence-electron chi connectivity index (χ2n) is 7.95. The van der Waals surface area contributed by atoms with E-state index in [-0.39, 0.29) is 5.75 Å². The van der Waals surface area contributed by atoms with Crippen molar-refractivity contribution in [1.82, 2.24) is 0 Å². The lowest BCUT2D eigenvalue weighted by Crippen LogP contribution is -2.33. The zero-order valence-electron chi connectivity index (χ0n) is 17.9. The first kappa shape index (κ1) is 22.3. The molecule has 0 radical (unpaired) electrons. The Labute approximate surface area is 193 Å². The molecule has 6 nitrogen and oxygen atoms in total. The minimum atomic E-state index is -5.88. The van der Waals surface area contributed by atoms with Gasteiger partial charge in [0.15, 0.2) is 5.60 Å². The summed E-state index contributed by atoms with van der Waals surface area (Å²) in [5, 5.41) is 0.